The highest BCUT2D eigenvalue weighted by Gasteiger charge is 2.28. The van der Waals surface area contributed by atoms with Gasteiger partial charge in [0.15, 0.2) is 0 Å². The van der Waals surface area contributed by atoms with Crippen LogP contribution in [0.2, 0.25) is 10.0 Å². The van der Waals surface area contributed by atoms with Crippen LogP contribution in [0.25, 0.3) is 0 Å². The number of halogens is 2. The molecule has 0 bridgehead atoms. The summed E-state index contributed by atoms with van der Waals surface area (Å²) in [4.78, 5) is 2.52. The number of hydrogen-bond donors (Lipinski definition) is 1. The van der Waals surface area contributed by atoms with Gasteiger partial charge in [0.2, 0.25) is 0 Å². The Bertz CT molecular complexity index is 482. The predicted octanol–water partition coefficient (Wildman–Crippen LogP) is 4.76. The molecule has 2 rings (SSSR count). The van der Waals surface area contributed by atoms with Crippen molar-refractivity contribution in [1.82, 2.24) is 10.2 Å². The SMILES string of the molecule is CC(c1ccc(Cl)cc1Cl)N1CCC(CNC(C)(C)C)C1. The van der Waals surface area contributed by atoms with E-state index in [0.717, 1.165) is 30.6 Å². The van der Waals surface area contributed by atoms with Gasteiger partial charge in [-0.1, -0.05) is 29.3 Å². The van der Waals surface area contributed by atoms with Crippen molar-refractivity contribution in [3.8, 4) is 0 Å². The first kappa shape index (κ1) is 17.1. The zero-order valence-corrected chi connectivity index (χ0v) is 14.9. The van der Waals surface area contributed by atoms with E-state index in [4.69, 9.17) is 23.2 Å². The van der Waals surface area contributed by atoms with Crippen LogP contribution in [0.1, 0.15) is 45.7 Å². The van der Waals surface area contributed by atoms with E-state index >= 15 is 0 Å². The summed E-state index contributed by atoms with van der Waals surface area (Å²) in [5.74, 6) is 0.720. The summed E-state index contributed by atoms with van der Waals surface area (Å²) in [5.41, 5.74) is 1.36. The molecule has 0 radical (unpaired) electrons. The van der Waals surface area contributed by atoms with Crippen LogP contribution in [0.5, 0.6) is 0 Å². The number of benzene rings is 1. The lowest BCUT2D eigenvalue weighted by atomic mass is 10.0. The zero-order chi connectivity index (χ0) is 15.6. The molecule has 1 fully saturated rings. The Morgan fingerprint density at radius 1 is 1.33 bits per heavy atom. The van der Waals surface area contributed by atoms with Crippen molar-refractivity contribution in [2.75, 3.05) is 19.6 Å². The Balaban J connectivity index is 1.94. The average Bonchev–Trinajstić information content (AvgIpc) is 2.83. The lowest BCUT2D eigenvalue weighted by molar-refractivity contribution is 0.248. The van der Waals surface area contributed by atoms with Gasteiger partial charge in [0.05, 0.1) is 0 Å². The van der Waals surface area contributed by atoms with E-state index < -0.39 is 0 Å². The van der Waals surface area contributed by atoms with E-state index in [2.05, 4.69) is 44.0 Å². The molecule has 0 saturated carbocycles. The standard InChI is InChI=1S/C17H26Cl2N2/c1-12(15-6-5-14(18)9-16(15)19)21-8-7-13(11-21)10-20-17(2,3)4/h5-6,9,12-13,20H,7-8,10-11H2,1-4H3. The molecule has 0 aromatic heterocycles. The fourth-order valence-electron chi connectivity index (χ4n) is 2.87. The maximum atomic E-state index is 6.34. The number of likely N-dealkylation sites (tertiary alicyclic amines) is 1. The minimum Gasteiger partial charge on any atom is -0.312 e. The molecule has 4 heteroatoms. The third kappa shape index (κ3) is 4.85. The zero-order valence-electron chi connectivity index (χ0n) is 13.4. The van der Waals surface area contributed by atoms with E-state index in [1.165, 1.54) is 12.0 Å². The molecule has 1 aliphatic rings. The van der Waals surface area contributed by atoms with Crippen LogP contribution in [0.3, 0.4) is 0 Å². The molecule has 1 N–H and O–H groups in total. The molecule has 1 aromatic carbocycles. The summed E-state index contributed by atoms with van der Waals surface area (Å²) in [6, 6.07) is 6.16. The monoisotopic (exact) mass is 328 g/mol. The predicted molar refractivity (Wildman–Crippen MR) is 92.3 cm³/mol. The van der Waals surface area contributed by atoms with Gasteiger partial charge in [0, 0.05) is 28.2 Å². The quantitative estimate of drug-likeness (QED) is 0.856. The molecular formula is C17H26Cl2N2. The number of hydrogen-bond acceptors (Lipinski definition) is 2. The summed E-state index contributed by atoms with van der Waals surface area (Å²) >= 11 is 12.3. The van der Waals surface area contributed by atoms with Gasteiger partial charge in [0.1, 0.15) is 0 Å². The second-order valence-electron chi connectivity index (χ2n) is 7.12. The lowest BCUT2D eigenvalue weighted by Gasteiger charge is -2.27. The molecule has 21 heavy (non-hydrogen) atoms. The molecule has 2 atom stereocenters. The molecule has 1 aromatic rings. The van der Waals surface area contributed by atoms with E-state index in [-0.39, 0.29) is 5.54 Å². The van der Waals surface area contributed by atoms with Gasteiger partial charge >= 0.3 is 0 Å². The van der Waals surface area contributed by atoms with Gasteiger partial charge in [-0.3, -0.25) is 4.90 Å². The van der Waals surface area contributed by atoms with E-state index in [1.807, 2.05) is 12.1 Å². The first-order valence-electron chi connectivity index (χ1n) is 7.70. The number of nitrogens with one attached hydrogen (secondary N) is 1. The van der Waals surface area contributed by atoms with Crippen molar-refractivity contribution in [2.45, 2.75) is 45.7 Å². The average molecular weight is 329 g/mol. The second kappa shape index (κ2) is 6.87. The summed E-state index contributed by atoms with van der Waals surface area (Å²) in [5, 5.41) is 5.08. The fraction of sp³-hybridized carbons (Fsp3) is 0.647. The van der Waals surface area contributed by atoms with Crippen molar-refractivity contribution in [1.29, 1.82) is 0 Å². The van der Waals surface area contributed by atoms with Gasteiger partial charge in [-0.25, -0.2) is 0 Å². The van der Waals surface area contributed by atoms with Gasteiger partial charge in [-0.2, -0.15) is 0 Å². The minimum absolute atomic E-state index is 0.193. The lowest BCUT2D eigenvalue weighted by Crippen LogP contribution is -2.39. The second-order valence-corrected chi connectivity index (χ2v) is 7.97. The fourth-order valence-corrected chi connectivity index (χ4v) is 3.43. The van der Waals surface area contributed by atoms with Gasteiger partial charge < -0.3 is 5.32 Å². The molecule has 1 heterocycles. The van der Waals surface area contributed by atoms with E-state index in [0.29, 0.717) is 11.1 Å². The molecule has 2 unspecified atom stereocenters. The number of nitrogens with zero attached hydrogens (tertiary/aromatic N) is 1. The van der Waals surface area contributed by atoms with Crippen molar-refractivity contribution in [3.05, 3.63) is 33.8 Å². The molecule has 0 aliphatic carbocycles. The maximum absolute atomic E-state index is 6.34. The van der Waals surface area contributed by atoms with Crippen LogP contribution < -0.4 is 5.32 Å². The van der Waals surface area contributed by atoms with Gasteiger partial charge in [-0.05, 0) is 70.8 Å². The smallest absolute Gasteiger partial charge is 0.0468 e. The van der Waals surface area contributed by atoms with Crippen LogP contribution >= 0.6 is 23.2 Å². The van der Waals surface area contributed by atoms with Crippen molar-refractivity contribution >= 4 is 23.2 Å². The van der Waals surface area contributed by atoms with Gasteiger partial charge in [-0.15, -0.1) is 0 Å². The maximum Gasteiger partial charge on any atom is 0.0468 e. The Hall–Kier alpha value is -0.280. The normalized spacial score (nSPS) is 21.7. The molecule has 2 nitrogen and oxygen atoms in total. The summed E-state index contributed by atoms with van der Waals surface area (Å²) < 4.78 is 0. The van der Waals surface area contributed by atoms with Crippen LogP contribution in [0.4, 0.5) is 0 Å². The summed E-state index contributed by atoms with van der Waals surface area (Å²) in [7, 11) is 0. The van der Waals surface area contributed by atoms with Crippen LogP contribution in [-0.2, 0) is 0 Å². The highest BCUT2D eigenvalue weighted by Crippen LogP contribution is 2.32. The van der Waals surface area contributed by atoms with Crippen LogP contribution in [-0.4, -0.2) is 30.1 Å². The topological polar surface area (TPSA) is 15.3 Å². The highest BCUT2D eigenvalue weighted by molar-refractivity contribution is 6.35. The largest absolute Gasteiger partial charge is 0.312 e. The third-order valence-electron chi connectivity index (χ3n) is 4.20. The third-order valence-corrected chi connectivity index (χ3v) is 4.76. The van der Waals surface area contributed by atoms with Crippen molar-refractivity contribution in [2.24, 2.45) is 5.92 Å². The molecule has 118 valence electrons. The van der Waals surface area contributed by atoms with E-state index in [1.54, 1.807) is 0 Å². The highest BCUT2D eigenvalue weighted by atomic mass is 35.5. The Morgan fingerprint density at radius 3 is 2.67 bits per heavy atom. The Kier molecular flexibility index (Phi) is 5.59. The summed E-state index contributed by atoms with van der Waals surface area (Å²) in [6.45, 7) is 12.2. The van der Waals surface area contributed by atoms with Crippen molar-refractivity contribution in [3.63, 3.8) is 0 Å². The van der Waals surface area contributed by atoms with Crippen molar-refractivity contribution < 1.29 is 0 Å². The Morgan fingerprint density at radius 2 is 2.05 bits per heavy atom. The number of rotatable bonds is 4. The van der Waals surface area contributed by atoms with Crippen LogP contribution in [0.15, 0.2) is 18.2 Å². The van der Waals surface area contributed by atoms with Gasteiger partial charge in [0.25, 0.3) is 0 Å². The first-order valence-corrected chi connectivity index (χ1v) is 8.46. The van der Waals surface area contributed by atoms with E-state index in [9.17, 15) is 0 Å². The molecule has 1 saturated heterocycles. The Labute approximate surface area is 138 Å². The summed E-state index contributed by atoms with van der Waals surface area (Å²) in [6.07, 6.45) is 1.25. The molecule has 0 spiro atoms. The first-order chi connectivity index (χ1) is 9.76. The van der Waals surface area contributed by atoms with Crippen LogP contribution in [0, 0.1) is 5.92 Å². The molecular weight excluding hydrogens is 303 g/mol. The molecule has 0 amide bonds. The minimum atomic E-state index is 0.193. The molecule has 1 aliphatic heterocycles.